The van der Waals surface area contributed by atoms with Gasteiger partial charge in [-0.15, -0.1) is 0 Å². The van der Waals surface area contributed by atoms with E-state index in [1.54, 1.807) is 41.5 Å². The summed E-state index contributed by atoms with van der Waals surface area (Å²) in [5.41, 5.74) is -3.02. The second kappa shape index (κ2) is 5.46. The molecule has 1 spiro atoms. The van der Waals surface area contributed by atoms with Crippen LogP contribution in [0.25, 0.3) is 0 Å². The first-order chi connectivity index (χ1) is 10.8. The van der Waals surface area contributed by atoms with Crippen molar-refractivity contribution in [1.29, 1.82) is 0 Å². The Balaban J connectivity index is 2.32. The third kappa shape index (κ3) is 3.09. The second-order valence-corrected chi connectivity index (χ2v) is 8.10. The predicted octanol–water partition coefficient (Wildman–Crippen LogP) is 3.04. The zero-order valence-corrected chi connectivity index (χ0v) is 15.0. The van der Waals surface area contributed by atoms with Crippen LogP contribution in [-0.4, -0.2) is 50.7 Å². The first kappa shape index (κ1) is 18.2. The van der Waals surface area contributed by atoms with E-state index in [4.69, 9.17) is 9.47 Å². The fourth-order valence-electron chi connectivity index (χ4n) is 2.65. The zero-order valence-electron chi connectivity index (χ0n) is 15.0. The van der Waals surface area contributed by atoms with Gasteiger partial charge in [0.2, 0.25) is 0 Å². The van der Waals surface area contributed by atoms with Crippen LogP contribution in [0.2, 0.25) is 0 Å². The van der Waals surface area contributed by atoms with E-state index in [-0.39, 0.29) is 0 Å². The molecule has 0 aromatic rings. The topological polar surface area (TPSA) is 93.2 Å². The first-order valence-corrected chi connectivity index (χ1v) is 7.93. The van der Waals surface area contributed by atoms with Crippen molar-refractivity contribution in [3.05, 3.63) is 0 Å². The minimum absolute atomic E-state index is 0.316. The summed E-state index contributed by atoms with van der Waals surface area (Å²) in [5.74, 6) is -0.723. The predicted molar refractivity (Wildman–Crippen MR) is 83.1 cm³/mol. The molecular weight excluding hydrogens is 316 g/mol. The molecule has 24 heavy (non-hydrogen) atoms. The molecule has 0 radical (unpaired) electrons. The number of nitrogens with zero attached hydrogens (tertiary/aromatic N) is 2. The summed E-state index contributed by atoms with van der Waals surface area (Å²) >= 11 is 0. The lowest BCUT2D eigenvalue weighted by Crippen LogP contribution is -2.57. The van der Waals surface area contributed by atoms with E-state index in [2.05, 4.69) is 0 Å². The van der Waals surface area contributed by atoms with Crippen LogP contribution in [0.3, 0.4) is 0 Å². The molecule has 1 saturated carbocycles. The van der Waals surface area contributed by atoms with Gasteiger partial charge in [-0.2, -0.15) is 4.90 Å². The van der Waals surface area contributed by atoms with Crippen molar-refractivity contribution >= 4 is 24.1 Å². The summed E-state index contributed by atoms with van der Waals surface area (Å²) in [6.45, 7) is 9.85. The maximum Gasteiger partial charge on any atom is 0.425 e. The van der Waals surface area contributed by atoms with Crippen LogP contribution >= 0.6 is 0 Å². The summed E-state index contributed by atoms with van der Waals surface area (Å²) in [7, 11) is 0. The highest BCUT2D eigenvalue weighted by Gasteiger charge is 2.65. The number of rotatable bonds is 0. The van der Waals surface area contributed by atoms with Gasteiger partial charge in [0.1, 0.15) is 16.7 Å². The fourth-order valence-corrected chi connectivity index (χ4v) is 2.65. The molecule has 1 heterocycles. The van der Waals surface area contributed by atoms with Crippen molar-refractivity contribution in [3.8, 4) is 0 Å². The van der Waals surface area contributed by atoms with Crippen molar-refractivity contribution in [3.63, 3.8) is 0 Å². The third-order valence-corrected chi connectivity index (χ3v) is 3.74. The zero-order chi connectivity index (χ0) is 18.5. The van der Waals surface area contributed by atoms with Gasteiger partial charge < -0.3 is 9.47 Å². The SMILES string of the molecule is CC(C)(C)OC(=O)N1C(=O)N(C(=O)OC(C)(C)C)C2(CCC2)C1=O. The van der Waals surface area contributed by atoms with Crippen LogP contribution in [-0.2, 0) is 14.3 Å². The molecule has 5 amide bonds. The monoisotopic (exact) mass is 340 g/mol. The number of imide groups is 4. The Kier molecular flexibility index (Phi) is 4.14. The molecular formula is C16H24N2O6. The minimum Gasteiger partial charge on any atom is -0.443 e. The first-order valence-electron chi connectivity index (χ1n) is 7.93. The Hall–Kier alpha value is -2.12. The highest BCUT2D eigenvalue weighted by atomic mass is 16.6. The lowest BCUT2D eigenvalue weighted by Gasteiger charge is -2.40. The lowest BCUT2D eigenvalue weighted by atomic mass is 9.75. The van der Waals surface area contributed by atoms with Gasteiger partial charge in [0.25, 0.3) is 5.91 Å². The number of amides is 5. The van der Waals surface area contributed by atoms with Crippen LogP contribution in [0.1, 0.15) is 60.8 Å². The highest BCUT2D eigenvalue weighted by Crippen LogP contribution is 2.45. The van der Waals surface area contributed by atoms with Crippen molar-refractivity contribution < 1.29 is 28.7 Å². The molecule has 2 aliphatic rings. The van der Waals surface area contributed by atoms with Gasteiger partial charge in [-0.05, 0) is 60.8 Å². The smallest absolute Gasteiger partial charge is 0.425 e. The number of carbonyl (C=O) groups excluding carboxylic acids is 4. The molecule has 134 valence electrons. The molecule has 0 N–H and O–H groups in total. The molecule has 1 aliphatic heterocycles. The molecule has 0 aromatic heterocycles. The van der Waals surface area contributed by atoms with Crippen LogP contribution in [0, 0.1) is 0 Å². The standard InChI is InChI=1S/C16H24N2O6/c1-14(2,3)23-12(21)17-10(19)16(8-7-9-16)18(11(17)20)13(22)24-15(4,5)6/h7-9H2,1-6H3. The Bertz CT molecular complexity index is 595. The molecule has 0 aromatic carbocycles. The second-order valence-electron chi connectivity index (χ2n) is 8.10. The number of ether oxygens (including phenoxy) is 2. The van der Waals surface area contributed by atoms with E-state index in [0.29, 0.717) is 24.2 Å². The number of carbonyl (C=O) groups is 4. The van der Waals surface area contributed by atoms with Gasteiger partial charge in [0, 0.05) is 0 Å². The normalized spacial score (nSPS) is 20.2. The van der Waals surface area contributed by atoms with Gasteiger partial charge in [0.05, 0.1) is 0 Å². The quantitative estimate of drug-likeness (QED) is 0.629. The Labute approximate surface area is 141 Å². The Morgan fingerprint density at radius 2 is 1.38 bits per heavy atom. The average molecular weight is 340 g/mol. The van der Waals surface area contributed by atoms with Gasteiger partial charge >= 0.3 is 18.2 Å². The van der Waals surface area contributed by atoms with Crippen molar-refractivity contribution in [2.75, 3.05) is 0 Å². The van der Waals surface area contributed by atoms with Gasteiger partial charge in [-0.3, -0.25) is 4.79 Å². The molecule has 0 bridgehead atoms. The van der Waals surface area contributed by atoms with Gasteiger partial charge in [0.15, 0.2) is 0 Å². The van der Waals surface area contributed by atoms with E-state index in [1.165, 1.54) is 0 Å². The van der Waals surface area contributed by atoms with Crippen molar-refractivity contribution in [1.82, 2.24) is 9.80 Å². The minimum atomic E-state index is -1.32. The van der Waals surface area contributed by atoms with Gasteiger partial charge in [-0.1, -0.05) is 0 Å². The number of urea groups is 1. The van der Waals surface area contributed by atoms with Crippen molar-refractivity contribution in [2.24, 2.45) is 0 Å². The van der Waals surface area contributed by atoms with E-state index in [1.807, 2.05) is 0 Å². The summed E-state index contributed by atoms with van der Waals surface area (Å²) in [6.07, 6.45) is -0.686. The lowest BCUT2D eigenvalue weighted by molar-refractivity contribution is -0.136. The van der Waals surface area contributed by atoms with Crippen molar-refractivity contribution in [2.45, 2.75) is 77.5 Å². The summed E-state index contributed by atoms with van der Waals surface area (Å²) in [4.78, 5) is 51.2. The summed E-state index contributed by atoms with van der Waals surface area (Å²) in [5, 5.41) is 0. The maximum atomic E-state index is 12.7. The largest absolute Gasteiger partial charge is 0.443 e. The molecule has 0 unspecified atom stereocenters. The van der Waals surface area contributed by atoms with Crippen LogP contribution in [0.15, 0.2) is 0 Å². The van der Waals surface area contributed by atoms with E-state index < -0.39 is 40.9 Å². The molecule has 0 atom stereocenters. The van der Waals surface area contributed by atoms with E-state index in [9.17, 15) is 19.2 Å². The molecule has 2 rings (SSSR count). The molecule has 8 nitrogen and oxygen atoms in total. The number of hydrogen-bond acceptors (Lipinski definition) is 6. The van der Waals surface area contributed by atoms with E-state index >= 15 is 0 Å². The molecule has 2 fully saturated rings. The molecule has 1 saturated heterocycles. The molecule has 1 aliphatic carbocycles. The Morgan fingerprint density at radius 1 is 0.917 bits per heavy atom. The summed E-state index contributed by atoms with van der Waals surface area (Å²) in [6, 6.07) is -1.01. The Morgan fingerprint density at radius 3 is 1.75 bits per heavy atom. The van der Waals surface area contributed by atoms with Crippen LogP contribution in [0.5, 0.6) is 0 Å². The molecule has 8 heteroatoms. The maximum absolute atomic E-state index is 12.7. The fraction of sp³-hybridized carbons (Fsp3) is 0.750. The van der Waals surface area contributed by atoms with Gasteiger partial charge in [-0.25, -0.2) is 19.3 Å². The average Bonchev–Trinajstić information content (AvgIpc) is 2.51. The number of hydrogen-bond donors (Lipinski definition) is 0. The third-order valence-electron chi connectivity index (χ3n) is 3.74. The van der Waals surface area contributed by atoms with E-state index in [0.717, 1.165) is 4.90 Å². The highest BCUT2D eigenvalue weighted by molar-refractivity contribution is 6.21. The van der Waals surface area contributed by atoms with Crippen LogP contribution < -0.4 is 0 Å². The summed E-state index contributed by atoms with van der Waals surface area (Å²) < 4.78 is 10.4. The van der Waals surface area contributed by atoms with Crippen LogP contribution in [0.4, 0.5) is 14.4 Å².